The van der Waals surface area contributed by atoms with Crippen LogP contribution in [0, 0.1) is 0 Å². The Morgan fingerprint density at radius 1 is 1.24 bits per heavy atom. The summed E-state index contributed by atoms with van der Waals surface area (Å²) in [6, 6.07) is 3.32. The average molecular weight is 314 g/mol. The van der Waals surface area contributed by atoms with E-state index in [1.54, 1.807) is 0 Å². The number of likely N-dealkylation sites (N-methyl/N-ethyl adjacent to an activating group) is 1. The Kier molecular flexibility index (Phi) is 4.50. The molecule has 1 saturated heterocycles. The van der Waals surface area contributed by atoms with Crippen molar-refractivity contribution >= 4 is 16.0 Å². The molecule has 1 aromatic rings. The molecular weight excluding hydrogens is 296 g/mol. The first-order chi connectivity index (χ1) is 9.86. The van der Waals surface area contributed by atoms with Gasteiger partial charge in [0.1, 0.15) is 11.3 Å². The number of phenols is 1. The molecular formula is C13H18N2O5S. The van der Waals surface area contributed by atoms with Crippen LogP contribution in [0.4, 0.5) is 0 Å². The number of carbonyl (C=O) groups is 1. The molecule has 7 nitrogen and oxygen atoms in total. The Bertz CT molecular complexity index is 636. The molecule has 1 aliphatic heterocycles. The van der Waals surface area contributed by atoms with Gasteiger partial charge in [-0.1, -0.05) is 6.92 Å². The normalized spacial score (nSPS) is 17.8. The molecule has 8 heteroatoms. The van der Waals surface area contributed by atoms with Crippen molar-refractivity contribution in [2.24, 2.45) is 0 Å². The summed E-state index contributed by atoms with van der Waals surface area (Å²) in [5.41, 5.74) is -0.414. The smallest absolute Gasteiger partial charge is 0.339 e. The molecule has 1 heterocycles. The Labute approximate surface area is 123 Å². The SMILES string of the molecule is CCN1CCN(S(=O)(=O)c2ccc(O)c(C(=O)O)c2)CC1. The fraction of sp³-hybridized carbons (Fsp3) is 0.462. The zero-order valence-electron chi connectivity index (χ0n) is 11.7. The number of carboxylic acid groups (broad SMARTS) is 1. The van der Waals surface area contributed by atoms with Gasteiger partial charge in [-0.3, -0.25) is 0 Å². The van der Waals surface area contributed by atoms with E-state index >= 15 is 0 Å². The van der Waals surface area contributed by atoms with Gasteiger partial charge in [0.2, 0.25) is 10.0 Å². The number of aromatic carboxylic acids is 1. The topological polar surface area (TPSA) is 98.2 Å². The molecule has 0 spiro atoms. The number of hydrogen-bond donors (Lipinski definition) is 2. The van der Waals surface area contributed by atoms with Gasteiger partial charge in [0, 0.05) is 26.2 Å². The van der Waals surface area contributed by atoms with Crippen LogP contribution in [-0.4, -0.2) is 66.5 Å². The monoisotopic (exact) mass is 314 g/mol. The van der Waals surface area contributed by atoms with Crippen molar-refractivity contribution in [1.29, 1.82) is 0 Å². The molecule has 0 unspecified atom stereocenters. The molecule has 1 aliphatic rings. The second kappa shape index (κ2) is 6.00. The fourth-order valence-corrected chi connectivity index (χ4v) is 3.73. The predicted octanol–water partition coefficient (Wildman–Crippen LogP) is 0.417. The molecule has 1 fully saturated rings. The summed E-state index contributed by atoms with van der Waals surface area (Å²) in [4.78, 5) is 13.0. The number of hydrogen-bond acceptors (Lipinski definition) is 5. The van der Waals surface area contributed by atoms with Crippen molar-refractivity contribution < 1.29 is 23.4 Å². The quantitative estimate of drug-likeness (QED) is 0.835. The van der Waals surface area contributed by atoms with E-state index < -0.39 is 27.3 Å². The number of sulfonamides is 1. The summed E-state index contributed by atoms with van der Waals surface area (Å²) in [5.74, 6) is -1.81. The van der Waals surface area contributed by atoms with E-state index in [-0.39, 0.29) is 4.90 Å². The number of nitrogens with zero attached hydrogens (tertiary/aromatic N) is 2. The van der Waals surface area contributed by atoms with E-state index in [4.69, 9.17) is 5.11 Å². The third-order valence-electron chi connectivity index (χ3n) is 3.61. The Morgan fingerprint density at radius 2 is 1.86 bits per heavy atom. The first-order valence-electron chi connectivity index (χ1n) is 6.65. The number of rotatable bonds is 4. The van der Waals surface area contributed by atoms with Gasteiger partial charge in [-0.2, -0.15) is 4.31 Å². The van der Waals surface area contributed by atoms with Gasteiger partial charge in [-0.15, -0.1) is 0 Å². The highest BCUT2D eigenvalue weighted by Crippen LogP contribution is 2.24. The van der Waals surface area contributed by atoms with Crippen LogP contribution in [0.5, 0.6) is 5.75 Å². The molecule has 0 saturated carbocycles. The maximum atomic E-state index is 12.5. The van der Waals surface area contributed by atoms with E-state index in [1.165, 1.54) is 10.4 Å². The zero-order valence-corrected chi connectivity index (χ0v) is 12.5. The minimum Gasteiger partial charge on any atom is -0.507 e. The lowest BCUT2D eigenvalue weighted by atomic mass is 10.2. The highest BCUT2D eigenvalue weighted by atomic mass is 32.2. The van der Waals surface area contributed by atoms with Gasteiger partial charge >= 0.3 is 5.97 Å². The van der Waals surface area contributed by atoms with E-state index in [1.807, 2.05) is 6.92 Å². The lowest BCUT2D eigenvalue weighted by molar-refractivity contribution is 0.0693. The van der Waals surface area contributed by atoms with Crippen LogP contribution in [-0.2, 0) is 10.0 Å². The minimum absolute atomic E-state index is 0.109. The van der Waals surface area contributed by atoms with Crippen LogP contribution in [0.25, 0.3) is 0 Å². The average Bonchev–Trinajstić information content (AvgIpc) is 2.47. The first kappa shape index (κ1) is 15.7. The number of carboxylic acids is 1. The molecule has 0 atom stereocenters. The largest absolute Gasteiger partial charge is 0.507 e. The zero-order chi connectivity index (χ0) is 15.6. The molecule has 2 rings (SSSR count). The summed E-state index contributed by atoms with van der Waals surface area (Å²) in [7, 11) is -3.73. The molecule has 0 aliphatic carbocycles. The molecule has 0 amide bonds. The van der Waals surface area contributed by atoms with Crippen LogP contribution >= 0.6 is 0 Å². The van der Waals surface area contributed by atoms with E-state index in [2.05, 4.69) is 4.90 Å². The van der Waals surface area contributed by atoms with Crippen molar-refractivity contribution in [2.45, 2.75) is 11.8 Å². The molecule has 0 bridgehead atoms. The van der Waals surface area contributed by atoms with Crippen LogP contribution < -0.4 is 0 Å². The van der Waals surface area contributed by atoms with Crippen LogP contribution in [0.3, 0.4) is 0 Å². The first-order valence-corrected chi connectivity index (χ1v) is 8.09. The maximum Gasteiger partial charge on any atom is 0.339 e. The number of benzene rings is 1. The fourth-order valence-electron chi connectivity index (χ4n) is 2.28. The summed E-state index contributed by atoms with van der Waals surface area (Å²) in [6.07, 6.45) is 0. The second-order valence-corrected chi connectivity index (χ2v) is 6.76. The van der Waals surface area contributed by atoms with Gasteiger partial charge in [0.05, 0.1) is 4.90 Å². The standard InChI is InChI=1S/C13H18N2O5S/c1-2-14-5-7-15(8-6-14)21(19,20)10-3-4-12(16)11(9-10)13(17)18/h3-4,9,16H,2,5-8H2,1H3,(H,17,18). The number of piperazine rings is 1. The summed E-state index contributed by atoms with van der Waals surface area (Å²) < 4.78 is 26.3. The van der Waals surface area contributed by atoms with E-state index in [9.17, 15) is 18.3 Å². The summed E-state index contributed by atoms with van der Waals surface area (Å²) >= 11 is 0. The van der Waals surface area contributed by atoms with Gasteiger partial charge in [-0.25, -0.2) is 13.2 Å². The second-order valence-electron chi connectivity index (χ2n) is 4.82. The van der Waals surface area contributed by atoms with Gasteiger partial charge in [0.25, 0.3) is 0 Å². The molecule has 2 N–H and O–H groups in total. The molecule has 0 radical (unpaired) electrons. The van der Waals surface area contributed by atoms with Crippen molar-refractivity contribution in [3.05, 3.63) is 23.8 Å². The maximum absolute atomic E-state index is 12.5. The summed E-state index contributed by atoms with van der Waals surface area (Å²) in [5, 5.41) is 18.4. The lowest BCUT2D eigenvalue weighted by Crippen LogP contribution is -2.48. The molecule has 1 aromatic carbocycles. The number of aromatic hydroxyl groups is 1. The molecule has 21 heavy (non-hydrogen) atoms. The van der Waals surface area contributed by atoms with Gasteiger partial charge in [0.15, 0.2) is 0 Å². The Morgan fingerprint density at radius 3 is 2.38 bits per heavy atom. The van der Waals surface area contributed by atoms with E-state index in [0.717, 1.165) is 18.7 Å². The van der Waals surface area contributed by atoms with Gasteiger partial charge in [-0.05, 0) is 24.7 Å². The van der Waals surface area contributed by atoms with Gasteiger partial charge < -0.3 is 15.1 Å². The minimum atomic E-state index is -3.73. The third-order valence-corrected chi connectivity index (χ3v) is 5.51. The van der Waals surface area contributed by atoms with Crippen LogP contribution in [0.2, 0.25) is 0 Å². The third kappa shape index (κ3) is 3.17. The van der Waals surface area contributed by atoms with Crippen molar-refractivity contribution in [1.82, 2.24) is 9.21 Å². The lowest BCUT2D eigenvalue weighted by Gasteiger charge is -2.33. The van der Waals surface area contributed by atoms with Crippen LogP contribution in [0.1, 0.15) is 17.3 Å². The molecule has 0 aromatic heterocycles. The molecule has 116 valence electrons. The predicted molar refractivity (Wildman–Crippen MR) is 75.9 cm³/mol. The highest BCUT2D eigenvalue weighted by molar-refractivity contribution is 7.89. The Balaban J connectivity index is 2.28. The summed E-state index contributed by atoms with van der Waals surface area (Å²) in [6.45, 7) is 4.94. The van der Waals surface area contributed by atoms with Crippen LogP contribution in [0.15, 0.2) is 23.1 Å². The van der Waals surface area contributed by atoms with Crippen molar-refractivity contribution in [3.63, 3.8) is 0 Å². The highest BCUT2D eigenvalue weighted by Gasteiger charge is 2.29. The van der Waals surface area contributed by atoms with Crippen molar-refractivity contribution in [2.75, 3.05) is 32.7 Å². The van der Waals surface area contributed by atoms with Crippen molar-refractivity contribution in [3.8, 4) is 5.75 Å². The van der Waals surface area contributed by atoms with E-state index in [0.29, 0.717) is 26.2 Å². The Hall–Kier alpha value is -1.64.